The Balaban J connectivity index is 2.59. The number of carboxylic acids is 1. The van der Waals surface area contributed by atoms with E-state index in [0.717, 1.165) is 6.42 Å². The fraction of sp³-hybridized carbons (Fsp3) is 0.739. The number of ether oxygens (including phenoxy) is 1. The number of rotatable bonds is 14. The Bertz CT molecular complexity index is 535. The topological polar surface area (TPSA) is 83.8 Å². The second-order valence-corrected chi connectivity index (χ2v) is 8.17. The number of ketones is 1. The van der Waals surface area contributed by atoms with Gasteiger partial charge in [-0.05, 0) is 50.9 Å². The summed E-state index contributed by atoms with van der Waals surface area (Å²) in [5, 5.41) is 18.7. The lowest BCUT2D eigenvalue weighted by atomic mass is 9.86. The number of methoxy groups -OCH3 is 1. The highest BCUT2D eigenvalue weighted by molar-refractivity contribution is 5.84. The van der Waals surface area contributed by atoms with Crippen molar-refractivity contribution in [3.05, 3.63) is 24.3 Å². The summed E-state index contributed by atoms with van der Waals surface area (Å²) in [5.74, 6) is -0.535. The number of carbonyl (C=O) groups is 2. The molecule has 0 radical (unpaired) electrons. The van der Waals surface area contributed by atoms with Crippen molar-refractivity contribution in [2.24, 2.45) is 17.8 Å². The molecule has 0 aromatic carbocycles. The van der Waals surface area contributed by atoms with Crippen LogP contribution >= 0.6 is 0 Å². The maximum absolute atomic E-state index is 12.5. The molecule has 1 saturated carbocycles. The number of aliphatic hydroxyl groups is 1. The van der Waals surface area contributed by atoms with Gasteiger partial charge in [0.15, 0.2) is 5.60 Å². The summed E-state index contributed by atoms with van der Waals surface area (Å²) in [6.07, 6.45) is 16.1. The second-order valence-electron chi connectivity index (χ2n) is 8.17. The lowest BCUT2D eigenvalue weighted by molar-refractivity contribution is -0.157. The average molecular weight is 395 g/mol. The first-order valence-electron chi connectivity index (χ1n) is 10.6. The van der Waals surface area contributed by atoms with E-state index in [1.807, 2.05) is 12.2 Å². The van der Waals surface area contributed by atoms with Gasteiger partial charge in [0, 0.05) is 19.4 Å². The van der Waals surface area contributed by atoms with Gasteiger partial charge in [0.25, 0.3) is 0 Å². The van der Waals surface area contributed by atoms with E-state index in [4.69, 9.17) is 9.84 Å². The zero-order chi connectivity index (χ0) is 21.0. The Hall–Kier alpha value is -1.46. The zero-order valence-corrected chi connectivity index (χ0v) is 17.7. The lowest BCUT2D eigenvalue weighted by Gasteiger charge is -2.19. The molecule has 4 atom stereocenters. The summed E-state index contributed by atoms with van der Waals surface area (Å²) >= 11 is 0. The number of Topliss-reactive ketones (excluding diaryl/α,β-unsaturated/α-hetero) is 1. The molecule has 0 heterocycles. The van der Waals surface area contributed by atoms with Crippen LogP contribution in [0, 0.1) is 17.8 Å². The molecule has 0 saturated heterocycles. The normalized spacial score (nSPS) is 25.0. The van der Waals surface area contributed by atoms with Crippen molar-refractivity contribution in [1.82, 2.24) is 0 Å². The summed E-state index contributed by atoms with van der Waals surface area (Å²) < 4.78 is 5.33. The maximum Gasteiger partial charge on any atom is 0.335 e. The quantitative estimate of drug-likeness (QED) is 0.334. The Morgan fingerprint density at radius 3 is 2.61 bits per heavy atom. The van der Waals surface area contributed by atoms with Crippen molar-refractivity contribution < 1.29 is 24.5 Å². The Kier molecular flexibility index (Phi) is 11.3. The van der Waals surface area contributed by atoms with E-state index in [2.05, 4.69) is 19.1 Å². The van der Waals surface area contributed by atoms with E-state index in [9.17, 15) is 14.7 Å². The molecule has 5 heteroatoms. The van der Waals surface area contributed by atoms with Gasteiger partial charge < -0.3 is 14.9 Å². The van der Waals surface area contributed by atoms with Crippen LogP contribution in [0.15, 0.2) is 24.3 Å². The van der Waals surface area contributed by atoms with Crippen LogP contribution < -0.4 is 0 Å². The van der Waals surface area contributed by atoms with Crippen molar-refractivity contribution in [3.63, 3.8) is 0 Å². The highest BCUT2D eigenvalue weighted by Gasteiger charge is 2.39. The molecule has 28 heavy (non-hydrogen) atoms. The number of unbranched alkanes of at least 4 members (excludes halogenated alkanes) is 4. The monoisotopic (exact) mass is 394 g/mol. The van der Waals surface area contributed by atoms with Gasteiger partial charge in [0.1, 0.15) is 5.78 Å². The number of hydrogen-bond acceptors (Lipinski definition) is 4. The molecule has 0 aromatic heterocycles. The fourth-order valence-electron chi connectivity index (χ4n) is 3.83. The van der Waals surface area contributed by atoms with Crippen molar-refractivity contribution in [1.29, 1.82) is 0 Å². The van der Waals surface area contributed by atoms with E-state index in [1.165, 1.54) is 32.6 Å². The number of hydrogen-bond donors (Lipinski definition) is 2. The molecule has 1 fully saturated rings. The molecular weight excluding hydrogens is 356 g/mol. The van der Waals surface area contributed by atoms with Crippen LogP contribution in [-0.4, -0.2) is 41.3 Å². The highest BCUT2D eigenvalue weighted by atomic mass is 16.5. The first-order chi connectivity index (χ1) is 13.3. The second kappa shape index (κ2) is 12.9. The highest BCUT2D eigenvalue weighted by Crippen LogP contribution is 2.38. The van der Waals surface area contributed by atoms with Crippen molar-refractivity contribution in [2.75, 3.05) is 13.7 Å². The molecule has 1 unspecified atom stereocenters. The molecule has 1 aliphatic rings. The van der Waals surface area contributed by atoms with Crippen molar-refractivity contribution in [3.8, 4) is 0 Å². The van der Waals surface area contributed by atoms with Crippen molar-refractivity contribution in [2.45, 2.75) is 77.2 Å². The molecular formula is C23H38O5. The maximum atomic E-state index is 12.5. The first-order valence-corrected chi connectivity index (χ1v) is 10.6. The van der Waals surface area contributed by atoms with Gasteiger partial charge in [-0.15, -0.1) is 0 Å². The van der Waals surface area contributed by atoms with Gasteiger partial charge in [-0.1, -0.05) is 50.5 Å². The molecule has 0 amide bonds. The Morgan fingerprint density at radius 1 is 1.21 bits per heavy atom. The summed E-state index contributed by atoms with van der Waals surface area (Å²) in [4.78, 5) is 23.4. The summed E-state index contributed by atoms with van der Waals surface area (Å²) in [7, 11) is 1.68. The zero-order valence-electron chi connectivity index (χ0n) is 17.7. The molecule has 1 rings (SSSR count). The van der Waals surface area contributed by atoms with E-state index < -0.39 is 11.6 Å². The van der Waals surface area contributed by atoms with Gasteiger partial charge in [0.2, 0.25) is 0 Å². The SMILES string of the molecule is CCCCCC/C=C/[C@H]1[C@H](COC)CC(=O)[C@@H]1C/C=C\CCC(C)(O)C(=O)O. The third-order valence-electron chi connectivity index (χ3n) is 5.66. The van der Waals surface area contributed by atoms with E-state index in [0.29, 0.717) is 25.9 Å². The van der Waals surface area contributed by atoms with Crippen molar-refractivity contribution >= 4 is 11.8 Å². The molecule has 160 valence electrons. The summed E-state index contributed by atoms with van der Waals surface area (Å²) in [6.45, 7) is 4.11. The van der Waals surface area contributed by atoms with Gasteiger partial charge in [-0.2, -0.15) is 0 Å². The lowest BCUT2D eigenvalue weighted by Crippen LogP contribution is -2.34. The number of carboxylic acid groups (broad SMARTS) is 1. The number of allylic oxidation sites excluding steroid dienone is 4. The van der Waals surface area contributed by atoms with Crippen LogP contribution in [0.5, 0.6) is 0 Å². The third kappa shape index (κ3) is 8.27. The van der Waals surface area contributed by atoms with Gasteiger partial charge in [-0.3, -0.25) is 4.79 Å². The predicted molar refractivity (Wildman–Crippen MR) is 111 cm³/mol. The smallest absolute Gasteiger partial charge is 0.335 e. The largest absolute Gasteiger partial charge is 0.479 e. The minimum Gasteiger partial charge on any atom is -0.479 e. The summed E-state index contributed by atoms with van der Waals surface area (Å²) in [5.41, 5.74) is -1.71. The van der Waals surface area contributed by atoms with E-state index >= 15 is 0 Å². The molecule has 0 aliphatic heterocycles. The van der Waals surface area contributed by atoms with Crippen LogP contribution in [-0.2, 0) is 14.3 Å². The van der Waals surface area contributed by atoms with Crippen LogP contribution in [0.25, 0.3) is 0 Å². The standard InChI is InChI=1S/C23H38O5/c1-4-5-6-7-8-10-13-19-18(17-28-3)16-21(24)20(19)14-11-9-12-15-23(2,27)22(25)26/h9-11,13,18-20,27H,4-8,12,14-17H2,1-3H3,(H,25,26)/b11-9-,13-10+/t18-,19-,20+,23?/m0/s1. The van der Waals surface area contributed by atoms with E-state index in [1.54, 1.807) is 7.11 Å². The average Bonchev–Trinajstić information content (AvgIpc) is 2.92. The number of carbonyl (C=O) groups excluding carboxylic acids is 1. The van der Waals surface area contributed by atoms with Crippen LogP contribution in [0.2, 0.25) is 0 Å². The Labute approximate surface area is 169 Å². The fourth-order valence-corrected chi connectivity index (χ4v) is 3.83. The molecule has 2 N–H and O–H groups in total. The number of aliphatic carboxylic acids is 1. The molecule has 0 spiro atoms. The van der Waals surface area contributed by atoms with Gasteiger partial charge in [-0.25, -0.2) is 4.79 Å². The van der Waals surface area contributed by atoms with Gasteiger partial charge in [0.05, 0.1) is 6.61 Å². The van der Waals surface area contributed by atoms with Crippen LogP contribution in [0.1, 0.15) is 71.6 Å². The molecule has 5 nitrogen and oxygen atoms in total. The molecule has 1 aliphatic carbocycles. The predicted octanol–water partition coefficient (Wildman–Crippen LogP) is 4.54. The summed E-state index contributed by atoms with van der Waals surface area (Å²) in [6, 6.07) is 0. The van der Waals surface area contributed by atoms with Gasteiger partial charge >= 0.3 is 5.97 Å². The molecule has 0 bridgehead atoms. The van der Waals surface area contributed by atoms with Crippen LogP contribution in [0.4, 0.5) is 0 Å². The third-order valence-corrected chi connectivity index (χ3v) is 5.66. The first kappa shape index (κ1) is 24.6. The minimum atomic E-state index is -1.71. The minimum absolute atomic E-state index is 0.0386. The molecule has 0 aromatic rings. The Morgan fingerprint density at radius 2 is 1.96 bits per heavy atom. The van der Waals surface area contributed by atoms with Crippen LogP contribution in [0.3, 0.4) is 0 Å². The van der Waals surface area contributed by atoms with E-state index in [-0.39, 0.29) is 30.0 Å².